The van der Waals surface area contributed by atoms with Gasteiger partial charge in [0, 0.05) is 23.3 Å². The molecule has 3 N–H and O–H groups in total. The van der Waals surface area contributed by atoms with Crippen LogP contribution in [0.5, 0.6) is 0 Å². The molecule has 2 fully saturated rings. The Kier molecular flexibility index (Phi) is 7.19. The molecular weight excluding hydrogens is 559 g/mol. The van der Waals surface area contributed by atoms with Gasteiger partial charge in [0.25, 0.3) is 0 Å². The van der Waals surface area contributed by atoms with E-state index in [2.05, 4.69) is 17.2 Å². The van der Waals surface area contributed by atoms with Crippen LogP contribution >= 0.6 is 0 Å². The molecule has 0 bridgehead atoms. The molecule has 0 spiro atoms. The number of nitrogens with one attached hydrogen (secondary N) is 1. The van der Waals surface area contributed by atoms with Crippen LogP contribution in [0.2, 0.25) is 0 Å². The first-order valence-corrected chi connectivity index (χ1v) is 14.4. The van der Waals surface area contributed by atoms with E-state index >= 15 is 0 Å². The van der Waals surface area contributed by atoms with E-state index in [4.69, 9.17) is 0 Å². The standard InChI is InChI=1S/C27H25F5N2O5S/c1-40(38,39)16-6-4-15(12-35)17(9-16)26(37)34-22-7-5-14(22)8-23(34)25(36)33-24(13-2-3-13)18-10-21(29)19(11-20(18)28)27(30,31)32/h4,6,9-11,13-14,22-24,26,35,37H,2-3,8,12H2,1H3,(H,33,36)/t14-,22-,23-,24-,26?/m1/s1. The molecule has 3 aliphatic rings. The van der Waals surface area contributed by atoms with Gasteiger partial charge in [0.1, 0.15) is 17.9 Å². The van der Waals surface area contributed by atoms with Crippen molar-refractivity contribution in [2.45, 2.75) is 61.3 Å². The highest BCUT2D eigenvalue weighted by molar-refractivity contribution is 7.90. The summed E-state index contributed by atoms with van der Waals surface area (Å²) in [5.41, 5.74) is -1.86. The van der Waals surface area contributed by atoms with Crippen molar-refractivity contribution in [2.24, 2.45) is 11.8 Å². The summed E-state index contributed by atoms with van der Waals surface area (Å²) in [5, 5.41) is 23.9. The van der Waals surface area contributed by atoms with Gasteiger partial charge in [0.15, 0.2) is 9.84 Å². The number of hydrogen-bond donors (Lipinski definition) is 3. The quantitative estimate of drug-likeness (QED) is 0.325. The summed E-state index contributed by atoms with van der Waals surface area (Å²) in [4.78, 5) is 14.8. The average Bonchev–Trinajstić information content (AvgIpc) is 3.66. The topological polar surface area (TPSA) is 107 Å². The van der Waals surface area contributed by atoms with E-state index in [-0.39, 0.29) is 40.3 Å². The van der Waals surface area contributed by atoms with Gasteiger partial charge >= 0.3 is 6.18 Å². The maximum absolute atomic E-state index is 14.8. The van der Waals surface area contributed by atoms with Crippen LogP contribution in [-0.2, 0) is 27.4 Å². The molecule has 5 rings (SSSR count). The number of benzene rings is 2. The minimum atomic E-state index is -5.09. The van der Waals surface area contributed by atoms with Gasteiger partial charge < -0.3 is 15.5 Å². The van der Waals surface area contributed by atoms with Crippen LogP contribution in [-0.4, -0.2) is 47.8 Å². The Labute approximate surface area is 226 Å². The molecule has 1 aliphatic heterocycles. The highest BCUT2D eigenvalue weighted by atomic mass is 32.2. The number of likely N-dealkylation sites (tertiary alicyclic amines) is 1. The number of alkyl halides is 3. The monoisotopic (exact) mass is 584 g/mol. The lowest BCUT2D eigenvalue weighted by atomic mass is 9.92. The van der Waals surface area contributed by atoms with Crippen molar-refractivity contribution < 1.29 is 45.4 Å². The lowest BCUT2D eigenvalue weighted by Crippen LogP contribution is -2.49. The molecule has 1 saturated carbocycles. The van der Waals surface area contributed by atoms with Gasteiger partial charge in [-0.3, -0.25) is 4.79 Å². The number of aliphatic hydroxyl groups excluding tert-OH is 2. The lowest BCUT2D eigenvalue weighted by molar-refractivity contribution is -0.140. The van der Waals surface area contributed by atoms with Crippen molar-refractivity contribution in [3.63, 3.8) is 0 Å². The zero-order valence-electron chi connectivity index (χ0n) is 21.0. The summed E-state index contributed by atoms with van der Waals surface area (Å²) in [7, 11) is -3.67. The normalized spacial score (nSPS) is 23.9. The van der Waals surface area contributed by atoms with Crippen LogP contribution in [0, 0.1) is 35.3 Å². The van der Waals surface area contributed by atoms with Crippen LogP contribution in [0.15, 0.2) is 35.2 Å². The fourth-order valence-electron chi connectivity index (χ4n) is 5.36. The first-order chi connectivity index (χ1) is 18.7. The molecule has 5 atom stereocenters. The molecule has 214 valence electrons. The third-order valence-electron chi connectivity index (χ3n) is 7.65. The van der Waals surface area contributed by atoms with E-state index in [1.807, 2.05) is 0 Å². The van der Waals surface area contributed by atoms with Gasteiger partial charge in [-0.15, -0.1) is 0 Å². The zero-order valence-corrected chi connectivity index (χ0v) is 21.9. The number of halogens is 5. The molecule has 1 amide bonds. The second-order valence-electron chi connectivity index (χ2n) is 10.4. The highest BCUT2D eigenvalue weighted by Gasteiger charge is 2.50. The van der Waals surface area contributed by atoms with Crippen LogP contribution in [0.3, 0.4) is 0 Å². The summed E-state index contributed by atoms with van der Waals surface area (Å²) in [5.74, 6) is 1.51. The molecule has 1 heterocycles. The molecule has 0 aromatic heterocycles. The fourth-order valence-corrected chi connectivity index (χ4v) is 6.02. The number of rotatable bonds is 8. The van der Waals surface area contributed by atoms with E-state index in [9.17, 15) is 45.4 Å². The van der Waals surface area contributed by atoms with Crippen LogP contribution in [0.4, 0.5) is 22.0 Å². The molecule has 1 saturated heterocycles. The fraction of sp³-hybridized carbons (Fsp3) is 0.444. The first-order valence-electron chi connectivity index (χ1n) is 12.5. The largest absolute Gasteiger partial charge is 0.419 e. The molecular formula is C27H25F5N2O5S. The van der Waals surface area contributed by atoms with Crippen LogP contribution in [0.1, 0.15) is 53.8 Å². The number of fused-ring (bicyclic) bond motifs is 1. The third-order valence-corrected chi connectivity index (χ3v) is 8.76. The Morgan fingerprint density at radius 2 is 1.82 bits per heavy atom. The Bertz CT molecular complexity index is 1530. The molecule has 2 aromatic carbocycles. The molecule has 2 aromatic rings. The maximum atomic E-state index is 14.8. The average molecular weight is 585 g/mol. The molecule has 0 radical (unpaired) electrons. The minimum absolute atomic E-state index is 0.0622. The van der Waals surface area contributed by atoms with Crippen molar-refractivity contribution in [1.82, 2.24) is 10.2 Å². The first kappa shape index (κ1) is 28.5. The zero-order chi connectivity index (χ0) is 29.1. The van der Waals surface area contributed by atoms with Gasteiger partial charge in [-0.2, -0.15) is 13.2 Å². The summed E-state index contributed by atoms with van der Waals surface area (Å²) < 4.78 is 92.6. The van der Waals surface area contributed by atoms with Crippen LogP contribution < -0.4 is 5.32 Å². The predicted molar refractivity (Wildman–Crippen MR) is 131 cm³/mol. The SMILES string of the molecule is CS(=O)(=O)c1ccc(CO)c(C(O)N2[C@@H](C(=O)N[C@@H](c3cc(F)c(C(F)(F)F)cc3F)C3CC3)C[C@H]3C#C[C@H]32)c1. The molecule has 1 unspecified atom stereocenters. The lowest BCUT2D eigenvalue weighted by Gasteiger charge is -2.35. The summed E-state index contributed by atoms with van der Waals surface area (Å²) in [6, 6.07) is 1.67. The summed E-state index contributed by atoms with van der Waals surface area (Å²) >= 11 is 0. The van der Waals surface area contributed by atoms with E-state index in [0.717, 1.165) is 6.26 Å². The van der Waals surface area contributed by atoms with Crippen molar-refractivity contribution in [2.75, 3.05) is 6.26 Å². The Hall–Kier alpha value is -3.05. The van der Waals surface area contributed by atoms with E-state index < -0.39 is 75.6 Å². The summed E-state index contributed by atoms with van der Waals surface area (Å²) in [6.45, 7) is -0.524. The van der Waals surface area contributed by atoms with Crippen LogP contribution in [0.25, 0.3) is 0 Å². The van der Waals surface area contributed by atoms with Gasteiger partial charge in [0.05, 0.1) is 35.2 Å². The van der Waals surface area contributed by atoms with E-state index in [0.29, 0.717) is 18.9 Å². The van der Waals surface area contributed by atoms with Crippen molar-refractivity contribution in [1.29, 1.82) is 0 Å². The van der Waals surface area contributed by atoms with Crippen molar-refractivity contribution in [3.8, 4) is 11.8 Å². The predicted octanol–water partition coefficient (Wildman–Crippen LogP) is 3.21. The summed E-state index contributed by atoms with van der Waals surface area (Å²) in [6.07, 6.45) is -4.42. The highest BCUT2D eigenvalue weighted by Crippen LogP contribution is 2.45. The number of amides is 1. The maximum Gasteiger partial charge on any atom is 0.419 e. The second-order valence-corrected chi connectivity index (χ2v) is 12.4. The second kappa shape index (κ2) is 10.1. The van der Waals surface area contributed by atoms with Crippen molar-refractivity contribution >= 4 is 15.7 Å². The van der Waals surface area contributed by atoms with Gasteiger partial charge in [0.2, 0.25) is 5.91 Å². The number of aliphatic hydroxyl groups is 2. The third kappa shape index (κ3) is 5.21. The smallest absolute Gasteiger partial charge is 0.392 e. The number of carbonyl (C=O) groups is 1. The molecule has 13 heteroatoms. The number of carbonyl (C=O) groups excluding carboxylic acids is 1. The Morgan fingerprint density at radius 1 is 1.12 bits per heavy atom. The van der Waals surface area contributed by atoms with E-state index in [1.165, 1.54) is 23.1 Å². The van der Waals surface area contributed by atoms with Gasteiger partial charge in [-0.25, -0.2) is 22.1 Å². The number of nitrogens with zero attached hydrogens (tertiary/aromatic N) is 1. The van der Waals surface area contributed by atoms with Crippen molar-refractivity contribution in [3.05, 3.63) is 64.2 Å². The van der Waals surface area contributed by atoms with Gasteiger partial charge in [-0.1, -0.05) is 17.9 Å². The molecule has 40 heavy (non-hydrogen) atoms. The molecule has 2 aliphatic carbocycles. The Balaban J connectivity index is 1.45. The Morgan fingerprint density at radius 3 is 2.38 bits per heavy atom. The number of hydrogen-bond acceptors (Lipinski definition) is 6. The molecule has 7 nitrogen and oxygen atoms in total. The minimum Gasteiger partial charge on any atom is -0.392 e. The van der Waals surface area contributed by atoms with E-state index in [1.54, 1.807) is 0 Å². The van der Waals surface area contributed by atoms with Gasteiger partial charge in [-0.05, 0) is 55.0 Å². The number of sulfone groups is 1.